The summed E-state index contributed by atoms with van der Waals surface area (Å²) in [6.45, 7) is 0. The Morgan fingerprint density at radius 2 is 1.33 bits per heavy atom. The van der Waals surface area contributed by atoms with Crippen molar-refractivity contribution in [1.82, 2.24) is 5.06 Å². The van der Waals surface area contributed by atoms with E-state index in [1.54, 1.807) is 0 Å². The molecule has 0 rings (SSSR count). The van der Waals surface area contributed by atoms with E-state index in [4.69, 9.17) is 0 Å². The molecule has 0 heterocycles. The average molecular weight is 255 g/mol. The van der Waals surface area contributed by atoms with Crippen molar-refractivity contribution in [2.24, 2.45) is 4.06 Å². The monoisotopic (exact) mass is 256 g/mol. The second-order valence-electron chi connectivity index (χ2n) is 1.40. The summed E-state index contributed by atoms with van der Waals surface area (Å²) in [4.78, 5) is 2.98. The number of alkyl halides is 6. The molecule has 0 aromatic carbocycles. The van der Waals surface area contributed by atoms with Gasteiger partial charge < -0.3 is 0 Å². The van der Waals surface area contributed by atoms with Gasteiger partial charge in [-0.25, -0.2) is 0 Å². The van der Waals surface area contributed by atoms with Gasteiger partial charge in [-0.15, -0.1) is 0 Å². The van der Waals surface area contributed by atoms with Crippen molar-refractivity contribution in [3.63, 3.8) is 0 Å². The molecule has 0 fully saturated rings. The molecule has 0 bridgehead atoms. The number of hydroxylamine groups is 2. The summed E-state index contributed by atoms with van der Waals surface area (Å²) in [5, 5.41) is -2.11. The Bertz CT molecular complexity index is 150. The molecule has 0 atom stereocenters. The van der Waals surface area contributed by atoms with Crippen LogP contribution in [0.5, 0.6) is 0 Å². The number of rotatable bonds is 2. The van der Waals surface area contributed by atoms with E-state index in [9.17, 15) is 26.3 Å². The zero-order valence-corrected chi connectivity index (χ0v) is 7.17. The molecule has 0 amide bonds. The Labute approximate surface area is 70.2 Å². The van der Waals surface area contributed by atoms with Crippen LogP contribution in [0.3, 0.4) is 0 Å². The minimum absolute atomic E-state index is 0.643. The Kier molecular flexibility index (Phi) is 3.50. The van der Waals surface area contributed by atoms with Crippen LogP contribution in [0.2, 0.25) is 0 Å². The van der Waals surface area contributed by atoms with Crippen LogP contribution in [0.25, 0.3) is 0 Å². The number of nitrogens with zero attached hydrogens (tertiary/aromatic N) is 2. The third kappa shape index (κ3) is 3.39. The average Bonchev–Trinajstić information content (AvgIpc) is 1.77. The van der Waals surface area contributed by atoms with Crippen LogP contribution in [0.1, 0.15) is 0 Å². The van der Waals surface area contributed by atoms with Gasteiger partial charge in [-0.1, -0.05) is 0 Å². The molecular formula is C2F6GeN2O. The first-order chi connectivity index (χ1) is 5.19. The number of hydrogen-bond acceptors (Lipinski definition) is 3. The van der Waals surface area contributed by atoms with Crippen molar-refractivity contribution in [2.75, 3.05) is 0 Å². The molecule has 70 valence electrons. The van der Waals surface area contributed by atoms with Crippen LogP contribution >= 0.6 is 0 Å². The second-order valence-corrected chi connectivity index (χ2v) is 1.79. The van der Waals surface area contributed by atoms with Crippen molar-refractivity contribution in [2.45, 2.75) is 12.6 Å². The van der Waals surface area contributed by atoms with Crippen molar-refractivity contribution in [3.8, 4) is 0 Å². The van der Waals surface area contributed by atoms with Crippen LogP contribution in [0, 0.1) is 0 Å². The van der Waals surface area contributed by atoms with Gasteiger partial charge in [0.25, 0.3) is 0 Å². The topological polar surface area (TPSA) is 24.8 Å². The summed E-state index contributed by atoms with van der Waals surface area (Å²) < 4.78 is 70.8. The van der Waals surface area contributed by atoms with Gasteiger partial charge in [0.15, 0.2) is 0 Å². The summed E-state index contributed by atoms with van der Waals surface area (Å²) in [5.41, 5.74) is 0. The fourth-order valence-corrected chi connectivity index (χ4v) is 0.448. The summed E-state index contributed by atoms with van der Waals surface area (Å²) in [6.07, 6.45) is -11.3. The SMILES string of the molecule is FC(F)(F)N(O[N]=[Ge])C(F)(F)F. The quantitative estimate of drug-likeness (QED) is 0.323. The molecule has 0 aliphatic carbocycles. The standard InChI is InChI=1S/C2F6GeN2O/c3-1(4,5)11(12-10-9)2(6,7)8. The first kappa shape index (κ1) is 11.7. The third-order valence-corrected chi connectivity index (χ3v) is 0.754. The molecule has 10 heteroatoms. The maximum atomic E-state index is 11.4. The van der Waals surface area contributed by atoms with Crippen LogP contribution in [-0.4, -0.2) is 34.0 Å². The molecule has 0 aromatic rings. The predicted octanol–water partition coefficient (Wildman–Crippen LogP) is 1.53. The van der Waals surface area contributed by atoms with E-state index in [1.165, 1.54) is 0 Å². The summed E-state index contributed by atoms with van der Waals surface area (Å²) in [6, 6.07) is 0. The molecule has 3 nitrogen and oxygen atoms in total. The van der Waals surface area contributed by atoms with E-state index in [0.717, 1.165) is 0 Å². The normalized spacial score (nSPS) is 13.2. The fraction of sp³-hybridized carbons (Fsp3) is 1.00. The molecule has 0 aromatic heterocycles. The van der Waals surface area contributed by atoms with Crippen LogP contribution in [0.15, 0.2) is 4.06 Å². The maximum absolute atomic E-state index is 11.4. The van der Waals surface area contributed by atoms with Gasteiger partial charge in [-0.05, 0) is 0 Å². The van der Waals surface area contributed by atoms with Crippen molar-refractivity contribution in [3.05, 3.63) is 0 Å². The zero-order valence-electron chi connectivity index (χ0n) is 5.07. The van der Waals surface area contributed by atoms with Crippen LogP contribution in [-0.2, 0) is 4.94 Å². The Hall–Kier alpha value is -0.317. The number of halogens is 6. The van der Waals surface area contributed by atoms with Crippen molar-refractivity contribution >= 4 is 16.3 Å². The van der Waals surface area contributed by atoms with E-state index < -0.39 is 17.7 Å². The van der Waals surface area contributed by atoms with Crippen molar-refractivity contribution in [1.29, 1.82) is 0 Å². The zero-order chi connectivity index (χ0) is 9.99. The third-order valence-electron chi connectivity index (χ3n) is 0.583. The van der Waals surface area contributed by atoms with Gasteiger partial charge in [0.05, 0.1) is 0 Å². The first-order valence-corrected chi connectivity index (χ1v) is 3.11. The molecule has 2 radical (unpaired) electrons. The van der Waals surface area contributed by atoms with Crippen LogP contribution < -0.4 is 0 Å². The van der Waals surface area contributed by atoms with Gasteiger partial charge in [0, 0.05) is 0 Å². The molecule has 0 N–H and O–H groups in total. The Morgan fingerprint density at radius 3 is 1.42 bits per heavy atom. The van der Waals surface area contributed by atoms with Gasteiger partial charge >= 0.3 is 69.3 Å². The van der Waals surface area contributed by atoms with Gasteiger partial charge in [-0.3, -0.25) is 0 Å². The molecule has 0 aliphatic rings. The molecule has 0 saturated heterocycles. The first-order valence-electron chi connectivity index (χ1n) is 2.17. The number of hydrogen-bond donors (Lipinski definition) is 0. The van der Waals surface area contributed by atoms with E-state index in [-0.39, 0.29) is 0 Å². The van der Waals surface area contributed by atoms with Gasteiger partial charge in [0.1, 0.15) is 0 Å². The molecule has 0 unspecified atom stereocenters. The Balaban J connectivity index is 4.56. The van der Waals surface area contributed by atoms with E-state index >= 15 is 0 Å². The molecule has 12 heavy (non-hydrogen) atoms. The Morgan fingerprint density at radius 1 is 1.00 bits per heavy atom. The van der Waals surface area contributed by atoms with E-state index in [2.05, 4.69) is 9.00 Å². The van der Waals surface area contributed by atoms with Crippen molar-refractivity contribution < 1.29 is 31.3 Å². The summed E-state index contributed by atoms with van der Waals surface area (Å²) >= 11 is 0.643. The van der Waals surface area contributed by atoms with E-state index in [0.29, 0.717) is 16.3 Å². The second kappa shape index (κ2) is 3.60. The van der Waals surface area contributed by atoms with E-state index in [1.807, 2.05) is 0 Å². The minimum atomic E-state index is -5.66. The predicted molar refractivity (Wildman–Crippen MR) is 23.2 cm³/mol. The molecule has 0 saturated carbocycles. The summed E-state index contributed by atoms with van der Waals surface area (Å²) in [5.74, 6) is 0. The fourth-order valence-electron chi connectivity index (χ4n) is 0.277. The molecular weight excluding hydrogens is 255 g/mol. The molecule has 0 spiro atoms. The van der Waals surface area contributed by atoms with Crippen LogP contribution in [0.4, 0.5) is 26.3 Å². The summed E-state index contributed by atoms with van der Waals surface area (Å²) in [7, 11) is 0. The van der Waals surface area contributed by atoms with Gasteiger partial charge in [0.2, 0.25) is 0 Å². The molecule has 0 aliphatic heterocycles. The van der Waals surface area contributed by atoms with Gasteiger partial charge in [-0.2, -0.15) is 0 Å².